The molecule has 108 valence electrons. The number of phenolic OH excluding ortho intramolecular Hbond substituents is 1. The van der Waals surface area contributed by atoms with Crippen LogP contribution in [0.15, 0.2) is 42.5 Å². The molecule has 0 radical (unpaired) electrons. The van der Waals surface area contributed by atoms with Gasteiger partial charge in [-0.1, -0.05) is 35.9 Å². The van der Waals surface area contributed by atoms with E-state index in [1.54, 1.807) is 30.3 Å². The number of nitrogens with one attached hydrogen (secondary N) is 1. The summed E-state index contributed by atoms with van der Waals surface area (Å²) in [6.45, 7) is 0.367. The predicted molar refractivity (Wildman–Crippen MR) is 79.6 cm³/mol. The van der Waals surface area contributed by atoms with Crippen LogP contribution in [-0.2, 0) is 11.2 Å². The lowest BCUT2D eigenvalue weighted by molar-refractivity contribution is -0.121. The maximum Gasteiger partial charge on any atom is 0.225 e. The topological polar surface area (TPSA) is 58.6 Å². The number of amides is 1. The normalized spacial score (nSPS) is 16.1. The molecule has 0 fully saturated rings. The van der Waals surface area contributed by atoms with E-state index in [0.717, 1.165) is 5.56 Å². The van der Waals surface area contributed by atoms with E-state index >= 15 is 0 Å². The molecule has 1 heterocycles. The molecule has 1 atom stereocenters. The Balaban J connectivity index is 1.72. The zero-order valence-electron chi connectivity index (χ0n) is 11.2. The molecule has 0 saturated heterocycles. The number of hydrogen-bond donors (Lipinski definition) is 2. The monoisotopic (exact) mass is 303 g/mol. The minimum Gasteiger partial charge on any atom is -0.508 e. The smallest absolute Gasteiger partial charge is 0.225 e. The Kier molecular flexibility index (Phi) is 3.71. The highest BCUT2D eigenvalue weighted by Crippen LogP contribution is 2.37. The van der Waals surface area contributed by atoms with Crippen LogP contribution < -0.4 is 10.1 Å². The fourth-order valence-electron chi connectivity index (χ4n) is 2.43. The van der Waals surface area contributed by atoms with Gasteiger partial charge in [0.1, 0.15) is 18.1 Å². The molecule has 1 aliphatic rings. The number of halogens is 1. The molecule has 5 heteroatoms. The third-order valence-electron chi connectivity index (χ3n) is 3.44. The Morgan fingerprint density at radius 3 is 2.90 bits per heavy atom. The van der Waals surface area contributed by atoms with Gasteiger partial charge in [0.15, 0.2) is 0 Å². The van der Waals surface area contributed by atoms with Crippen molar-refractivity contribution in [2.45, 2.75) is 12.5 Å². The zero-order chi connectivity index (χ0) is 14.8. The first kappa shape index (κ1) is 13.8. The quantitative estimate of drug-likeness (QED) is 0.916. The Morgan fingerprint density at radius 2 is 2.10 bits per heavy atom. The van der Waals surface area contributed by atoms with E-state index in [-0.39, 0.29) is 24.1 Å². The highest BCUT2D eigenvalue weighted by molar-refractivity contribution is 6.31. The molecule has 0 spiro atoms. The third-order valence-corrected chi connectivity index (χ3v) is 3.77. The summed E-state index contributed by atoms with van der Waals surface area (Å²) >= 11 is 6.16. The molecule has 1 unspecified atom stereocenters. The van der Waals surface area contributed by atoms with Gasteiger partial charge in [0.25, 0.3) is 0 Å². The van der Waals surface area contributed by atoms with Crippen LogP contribution in [-0.4, -0.2) is 17.6 Å². The van der Waals surface area contributed by atoms with Crippen molar-refractivity contribution >= 4 is 17.5 Å². The fourth-order valence-corrected chi connectivity index (χ4v) is 2.73. The van der Waals surface area contributed by atoms with Crippen LogP contribution >= 0.6 is 11.6 Å². The van der Waals surface area contributed by atoms with E-state index in [4.69, 9.17) is 16.3 Å². The van der Waals surface area contributed by atoms with Crippen molar-refractivity contribution in [1.82, 2.24) is 5.32 Å². The van der Waals surface area contributed by atoms with Crippen LogP contribution in [0.3, 0.4) is 0 Å². The zero-order valence-corrected chi connectivity index (χ0v) is 11.9. The standard InChI is InChI=1S/C16H14ClNO3/c17-11-5-3-7-14-16(11)12(9-21-14)18-15(20)8-10-4-1-2-6-13(10)19/h1-7,12,19H,8-9H2,(H,18,20). The average Bonchev–Trinajstić information content (AvgIpc) is 2.86. The Hall–Kier alpha value is -2.20. The lowest BCUT2D eigenvalue weighted by Gasteiger charge is -2.13. The second kappa shape index (κ2) is 5.66. The van der Waals surface area contributed by atoms with Gasteiger partial charge in [-0.15, -0.1) is 0 Å². The van der Waals surface area contributed by atoms with Gasteiger partial charge < -0.3 is 15.2 Å². The number of aromatic hydroxyl groups is 1. The maximum atomic E-state index is 12.1. The third kappa shape index (κ3) is 2.81. The number of carbonyl (C=O) groups is 1. The summed E-state index contributed by atoms with van der Waals surface area (Å²) in [5.74, 6) is 0.641. The fraction of sp³-hybridized carbons (Fsp3) is 0.188. The van der Waals surface area contributed by atoms with Gasteiger partial charge in [-0.2, -0.15) is 0 Å². The van der Waals surface area contributed by atoms with Crippen molar-refractivity contribution < 1.29 is 14.6 Å². The number of phenols is 1. The number of ether oxygens (including phenoxy) is 1. The number of rotatable bonds is 3. The highest BCUT2D eigenvalue weighted by atomic mass is 35.5. The van der Waals surface area contributed by atoms with E-state index in [0.29, 0.717) is 22.9 Å². The molecule has 2 aromatic carbocycles. The van der Waals surface area contributed by atoms with E-state index in [2.05, 4.69) is 5.32 Å². The first-order chi connectivity index (χ1) is 10.1. The van der Waals surface area contributed by atoms with Gasteiger partial charge in [0.05, 0.1) is 12.5 Å². The highest BCUT2D eigenvalue weighted by Gasteiger charge is 2.28. The Morgan fingerprint density at radius 1 is 1.29 bits per heavy atom. The molecule has 2 N–H and O–H groups in total. The molecule has 4 nitrogen and oxygen atoms in total. The van der Waals surface area contributed by atoms with Gasteiger partial charge in [-0.3, -0.25) is 4.79 Å². The Bertz CT molecular complexity index is 687. The number of para-hydroxylation sites is 1. The molecule has 1 aliphatic heterocycles. The van der Waals surface area contributed by atoms with Crippen LogP contribution in [0.4, 0.5) is 0 Å². The molecule has 0 bridgehead atoms. The minimum absolute atomic E-state index is 0.114. The summed E-state index contributed by atoms with van der Waals surface area (Å²) in [5.41, 5.74) is 1.40. The molecular weight excluding hydrogens is 290 g/mol. The van der Waals surface area contributed by atoms with Crippen LogP contribution in [0.5, 0.6) is 11.5 Å². The van der Waals surface area contributed by atoms with Crippen LogP contribution in [0, 0.1) is 0 Å². The van der Waals surface area contributed by atoms with Crippen molar-refractivity contribution in [3.8, 4) is 11.5 Å². The molecular formula is C16H14ClNO3. The van der Waals surface area contributed by atoms with E-state index in [1.165, 1.54) is 0 Å². The summed E-state index contributed by atoms with van der Waals surface area (Å²) in [7, 11) is 0. The molecule has 2 aromatic rings. The number of hydrogen-bond acceptors (Lipinski definition) is 3. The first-order valence-electron chi connectivity index (χ1n) is 6.62. The van der Waals surface area contributed by atoms with Crippen molar-refractivity contribution in [2.24, 2.45) is 0 Å². The summed E-state index contributed by atoms with van der Waals surface area (Å²) in [6.07, 6.45) is 0.114. The summed E-state index contributed by atoms with van der Waals surface area (Å²) < 4.78 is 5.52. The Labute approximate surface area is 127 Å². The van der Waals surface area contributed by atoms with E-state index < -0.39 is 0 Å². The average molecular weight is 304 g/mol. The van der Waals surface area contributed by atoms with Crippen molar-refractivity contribution in [1.29, 1.82) is 0 Å². The van der Waals surface area contributed by atoms with Crippen LogP contribution in [0.1, 0.15) is 17.2 Å². The van der Waals surface area contributed by atoms with Gasteiger partial charge in [-0.05, 0) is 18.2 Å². The predicted octanol–water partition coefficient (Wildman–Crippen LogP) is 2.84. The number of carbonyl (C=O) groups excluding carboxylic acids is 1. The lowest BCUT2D eigenvalue weighted by Crippen LogP contribution is -2.30. The summed E-state index contributed by atoms with van der Waals surface area (Å²) in [6, 6.07) is 12.0. The van der Waals surface area contributed by atoms with Gasteiger partial charge >= 0.3 is 0 Å². The maximum absolute atomic E-state index is 12.1. The molecule has 3 rings (SSSR count). The van der Waals surface area contributed by atoms with Crippen molar-refractivity contribution in [3.63, 3.8) is 0 Å². The number of benzene rings is 2. The van der Waals surface area contributed by atoms with E-state index in [9.17, 15) is 9.90 Å². The van der Waals surface area contributed by atoms with Gasteiger partial charge in [-0.25, -0.2) is 0 Å². The number of fused-ring (bicyclic) bond motifs is 1. The second-order valence-corrected chi connectivity index (χ2v) is 5.30. The molecule has 0 aromatic heterocycles. The van der Waals surface area contributed by atoms with E-state index in [1.807, 2.05) is 12.1 Å². The minimum atomic E-state index is -0.257. The van der Waals surface area contributed by atoms with Crippen LogP contribution in [0.25, 0.3) is 0 Å². The first-order valence-corrected chi connectivity index (χ1v) is 7.00. The molecule has 21 heavy (non-hydrogen) atoms. The summed E-state index contributed by atoms with van der Waals surface area (Å²) in [5, 5.41) is 13.2. The SMILES string of the molecule is O=C(Cc1ccccc1O)NC1COc2cccc(Cl)c21. The summed E-state index contributed by atoms with van der Waals surface area (Å²) in [4.78, 5) is 12.1. The van der Waals surface area contributed by atoms with Gasteiger partial charge in [0.2, 0.25) is 5.91 Å². The van der Waals surface area contributed by atoms with Crippen LogP contribution in [0.2, 0.25) is 5.02 Å². The molecule has 0 aliphatic carbocycles. The largest absolute Gasteiger partial charge is 0.508 e. The van der Waals surface area contributed by atoms with Gasteiger partial charge in [0, 0.05) is 16.1 Å². The second-order valence-electron chi connectivity index (χ2n) is 4.89. The molecule has 0 saturated carbocycles. The van der Waals surface area contributed by atoms with Crippen molar-refractivity contribution in [2.75, 3.05) is 6.61 Å². The lowest BCUT2D eigenvalue weighted by atomic mass is 10.1. The molecule has 1 amide bonds. The van der Waals surface area contributed by atoms with Crippen molar-refractivity contribution in [3.05, 3.63) is 58.6 Å².